The molecular formula is C14H9ClN6O. The molecule has 108 valence electrons. The van der Waals surface area contributed by atoms with Gasteiger partial charge in [-0.3, -0.25) is 9.36 Å². The fraction of sp³-hybridized carbons (Fsp3) is 0.0714. The van der Waals surface area contributed by atoms with E-state index in [0.29, 0.717) is 22.0 Å². The summed E-state index contributed by atoms with van der Waals surface area (Å²) in [6.45, 7) is 1.86. The minimum Gasteiger partial charge on any atom is -0.282 e. The zero-order chi connectivity index (χ0) is 15.3. The van der Waals surface area contributed by atoms with Crippen LogP contribution in [0.2, 0.25) is 5.02 Å². The average molecular weight is 313 g/mol. The molecule has 0 spiro atoms. The fourth-order valence-electron chi connectivity index (χ4n) is 2.40. The van der Waals surface area contributed by atoms with Crippen LogP contribution in [0.5, 0.6) is 0 Å². The highest BCUT2D eigenvalue weighted by molar-refractivity contribution is 6.31. The van der Waals surface area contributed by atoms with E-state index in [0.717, 1.165) is 5.56 Å². The van der Waals surface area contributed by atoms with Crippen molar-refractivity contribution in [2.45, 2.75) is 6.92 Å². The molecule has 0 atom stereocenters. The zero-order valence-corrected chi connectivity index (χ0v) is 12.2. The van der Waals surface area contributed by atoms with E-state index in [9.17, 15) is 4.79 Å². The monoisotopic (exact) mass is 312 g/mol. The molecule has 0 unspecified atom stereocenters. The number of rotatable bonds is 1. The summed E-state index contributed by atoms with van der Waals surface area (Å²) in [5.41, 5.74) is 2.02. The number of halogens is 1. The van der Waals surface area contributed by atoms with E-state index in [2.05, 4.69) is 20.3 Å². The van der Waals surface area contributed by atoms with E-state index >= 15 is 0 Å². The maximum atomic E-state index is 12.7. The highest BCUT2D eigenvalue weighted by Crippen LogP contribution is 2.21. The van der Waals surface area contributed by atoms with Crippen molar-refractivity contribution in [2.24, 2.45) is 0 Å². The van der Waals surface area contributed by atoms with Gasteiger partial charge in [-0.25, -0.2) is 0 Å². The summed E-state index contributed by atoms with van der Waals surface area (Å²) in [7, 11) is 0. The summed E-state index contributed by atoms with van der Waals surface area (Å²) in [6.07, 6.45) is 3.04. The first-order chi connectivity index (χ1) is 10.7. The highest BCUT2D eigenvalue weighted by Gasteiger charge is 2.12. The lowest BCUT2D eigenvalue weighted by molar-refractivity contribution is 0.912. The van der Waals surface area contributed by atoms with Crippen LogP contribution in [-0.4, -0.2) is 29.4 Å². The first-order valence-electron chi connectivity index (χ1n) is 6.50. The molecule has 0 aliphatic rings. The van der Waals surface area contributed by atoms with Crippen molar-refractivity contribution >= 4 is 28.4 Å². The predicted molar refractivity (Wildman–Crippen MR) is 81.4 cm³/mol. The molecule has 0 saturated heterocycles. The fourth-order valence-corrected chi connectivity index (χ4v) is 2.56. The van der Waals surface area contributed by atoms with E-state index in [1.54, 1.807) is 24.4 Å². The Morgan fingerprint density at radius 2 is 2.05 bits per heavy atom. The molecule has 1 aromatic carbocycles. The number of hydrogen-bond donors (Lipinski definition) is 0. The lowest BCUT2D eigenvalue weighted by atomic mass is 10.2. The minimum atomic E-state index is -0.284. The van der Waals surface area contributed by atoms with Gasteiger partial charge < -0.3 is 0 Å². The Hall–Kier alpha value is -2.80. The van der Waals surface area contributed by atoms with E-state index in [1.165, 1.54) is 15.4 Å². The molecule has 0 amide bonds. The summed E-state index contributed by atoms with van der Waals surface area (Å²) >= 11 is 6.13. The Balaban J connectivity index is 2.08. The van der Waals surface area contributed by atoms with Crippen molar-refractivity contribution in [3.63, 3.8) is 0 Å². The summed E-state index contributed by atoms with van der Waals surface area (Å²) in [6, 6.07) is 7.17. The molecule has 7 nitrogen and oxygen atoms in total. The topological polar surface area (TPSA) is 78.0 Å². The van der Waals surface area contributed by atoms with E-state index in [4.69, 9.17) is 11.6 Å². The summed E-state index contributed by atoms with van der Waals surface area (Å²) < 4.78 is 2.99. The molecule has 22 heavy (non-hydrogen) atoms. The van der Waals surface area contributed by atoms with Gasteiger partial charge in [-0.1, -0.05) is 17.7 Å². The first kappa shape index (κ1) is 12.9. The molecule has 0 saturated carbocycles. The van der Waals surface area contributed by atoms with Crippen molar-refractivity contribution < 1.29 is 0 Å². The molecule has 0 radical (unpaired) electrons. The standard InChI is InChI=1S/C14H9ClN6O/c1-8-9(15)3-2-4-10(8)20-6-5-11-12(13(20)22)18-19-14-16-7-17-21(11)14/h2-7H,1H3. The molecule has 0 fully saturated rings. The smallest absolute Gasteiger partial charge is 0.282 e. The number of pyridine rings is 1. The van der Waals surface area contributed by atoms with Crippen LogP contribution in [0.25, 0.3) is 22.5 Å². The van der Waals surface area contributed by atoms with E-state index < -0.39 is 0 Å². The second-order valence-corrected chi connectivity index (χ2v) is 5.19. The second-order valence-electron chi connectivity index (χ2n) is 4.78. The van der Waals surface area contributed by atoms with E-state index in [-0.39, 0.29) is 11.1 Å². The van der Waals surface area contributed by atoms with Gasteiger partial charge >= 0.3 is 0 Å². The Kier molecular flexibility index (Phi) is 2.70. The molecule has 0 aliphatic heterocycles. The molecule has 0 bridgehead atoms. The molecule has 3 heterocycles. The third-order valence-corrected chi connectivity index (χ3v) is 3.95. The Bertz CT molecular complexity index is 1080. The van der Waals surface area contributed by atoms with Gasteiger partial charge in [0.05, 0.1) is 5.69 Å². The van der Waals surface area contributed by atoms with Crippen LogP contribution in [-0.2, 0) is 0 Å². The second kappa shape index (κ2) is 4.60. The van der Waals surface area contributed by atoms with Gasteiger partial charge in [-0.2, -0.15) is 14.6 Å². The quantitative estimate of drug-likeness (QED) is 0.535. The molecular weight excluding hydrogens is 304 g/mol. The number of benzene rings is 1. The number of hydrogen-bond acceptors (Lipinski definition) is 5. The molecule has 8 heteroatoms. The van der Waals surface area contributed by atoms with E-state index in [1.807, 2.05) is 13.0 Å². The Morgan fingerprint density at radius 3 is 2.91 bits per heavy atom. The van der Waals surface area contributed by atoms with Crippen molar-refractivity contribution in [1.82, 2.24) is 29.4 Å². The van der Waals surface area contributed by atoms with Crippen LogP contribution in [0.1, 0.15) is 5.56 Å². The molecule has 0 aliphatic carbocycles. The van der Waals surface area contributed by atoms with Gasteiger partial charge in [-0.05, 0) is 30.7 Å². The molecule has 0 N–H and O–H groups in total. The van der Waals surface area contributed by atoms with Crippen molar-refractivity contribution in [2.75, 3.05) is 0 Å². The van der Waals surface area contributed by atoms with Crippen molar-refractivity contribution in [3.05, 3.63) is 57.7 Å². The van der Waals surface area contributed by atoms with Gasteiger partial charge in [0.25, 0.3) is 11.3 Å². The number of nitrogens with zero attached hydrogens (tertiary/aromatic N) is 6. The number of aromatic nitrogens is 6. The summed E-state index contributed by atoms with van der Waals surface area (Å²) in [5.74, 6) is 0.351. The maximum Gasteiger partial charge on any atom is 0.285 e. The Morgan fingerprint density at radius 1 is 1.18 bits per heavy atom. The number of fused-ring (bicyclic) bond motifs is 3. The van der Waals surface area contributed by atoms with Crippen LogP contribution >= 0.6 is 11.6 Å². The van der Waals surface area contributed by atoms with Gasteiger partial charge in [-0.15, -0.1) is 10.2 Å². The SMILES string of the molecule is Cc1c(Cl)cccc1-n1ccc2c(nnc3ncnn32)c1=O. The normalized spacial score (nSPS) is 11.4. The van der Waals surface area contributed by atoms with Crippen LogP contribution in [0.4, 0.5) is 0 Å². The summed E-state index contributed by atoms with van der Waals surface area (Å²) in [4.78, 5) is 16.7. The highest BCUT2D eigenvalue weighted by atomic mass is 35.5. The van der Waals surface area contributed by atoms with Crippen molar-refractivity contribution in [3.8, 4) is 5.69 Å². The summed E-state index contributed by atoms with van der Waals surface area (Å²) in [5, 5.41) is 12.5. The zero-order valence-electron chi connectivity index (χ0n) is 11.4. The van der Waals surface area contributed by atoms with Crippen molar-refractivity contribution in [1.29, 1.82) is 0 Å². The Labute approximate surface area is 128 Å². The lowest BCUT2D eigenvalue weighted by Crippen LogP contribution is -2.21. The van der Waals surface area contributed by atoms with Gasteiger partial charge in [0.2, 0.25) is 0 Å². The maximum absolute atomic E-state index is 12.7. The third-order valence-electron chi connectivity index (χ3n) is 3.54. The first-order valence-corrected chi connectivity index (χ1v) is 6.88. The minimum absolute atomic E-state index is 0.222. The van der Waals surface area contributed by atoms with Crippen LogP contribution in [0.3, 0.4) is 0 Å². The van der Waals surface area contributed by atoms with Gasteiger partial charge in [0.15, 0.2) is 5.52 Å². The lowest BCUT2D eigenvalue weighted by Gasteiger charge is -2.10. The van der Waals surface area contributed by atoms with Crippen LogP contribution in [0, 0.1) is 6.92 Å². The largest absolute Gasteiger partial charge is 0.285 e. The molecule has 4 rings (SSSR count). The predicted octanol–water partition coefficient (Wildman–Crippen LogP) is 1.79. The van der Waals surface area contributed by atoms with Crippen LogP contribution < -0.4 is 5.56 Å². The third kappa shape index (κ3) is 1.72. The molecule has 4 aromatic rings. The average Bonchev–Trinajstić information content (AvgIpc) is 3.00. The molecule has 3 aromatic heterocycles. The van der Waals surface area contributed by atoms with Gasteiger partial charge in [0.1, 0.15) is 11.8 Å². The van der Waals surface area contributed by atoms with Gasteiger partial charge in [0, 0.05) is 11.2 Å². The van der Waals surface area contributed by atoms with Crippen LogP contribution in [0.15, 0.2) is 41.6 Å².